The van der Waals surface area contributed by atoms with Gasteiger partial charge in [-0.05, 0) is 19.3 Å². The molecule has 0 aromatic carbocycles. The Morgan fingerprint density at radius 2 is 1.85 bits per heavy atom. The van der Waals surface area contributed by atoms with E-state index in [-0.39, 0.29) is 17.2 Å². The Balaban J connectivity index is 1.63. The SMILES string of the molecule is O=C1CCCN1CCN1CCS(=O)(=O)[C@H]2CCCC[C@H]21. The van der Waals surface area contributed by atoms with Gasteiger partial charge in [0.25, 0.3) is 0 Å². The molecule has 0 unspecified atom stereocenters. The molecule has 2 atom stereocenters. The minimum atomic E-state index is -2.89. The molecule has 2 heterocycles. The van der Waals surface area contributed by atoms with Gasteiger partial charge in [-0.15, -0.1) is 0 Å². The second-order valence-corrected chi connectivity index (χ2v) is 8.62. The molecular formula is C14H24N2O3S. The first-order valence-corrected chi connectivity index (χ1v) is 9.53. The van der Waals surface area contributed by atoms with Crippen molar-refractivity contribution in [2.24, 2.45) is 0 Å². The molecule has 6 heteroatoms. The molecule has 1 amide bonds. The number of sulfone groups is 1. The van der Waals surface area contributed by atoms with Crippen LogP contribution >= 0.6 is 0 Å². The Labute approximate surface area is 121 Å². The zero-order valence-electron chi connectivity index (χ0n) is 12.0. The molecular weight excluding hydrogens is 276 g/mol. The van der Waals surface area contributed by atoms with Crippen molar-refractivity contribution in [2.45, 2.75) is 49.8 Å². The van der Waals surface area contributed by atoms with Crippen LogP contribution in [0.4, 0.5) is 0 Å². The van der Waals surface area contributed by atoms with E-state index in [4.69, 9.17) is 0 Å². The number of carbonyl (C=O) groups excluding carboxylic acids is 1. The molecule has 3 fully saturated rings. The third kappa shape index (κ3) is 2.72. The quantitative estimate of drug-likeness (QED) is 0.768. The van der Waals surface area contributed by atoms with E-state index in [9.17, 15) is 13.2 Å². The van der Waals surface area contributed by atoms with Crippen molar-refractivity contribution in [1.82, 2.24) is 9.80 Å². The summed E-state index contributed by atoms with van der Waals surface area (Å²) in [6.45, 7) is 3.12. The van der Waals surface area contributed by atoms with Gasteiger partial charge in [0.05, 0.1) is 11.0 Å². The van der Waals surface area contributed by atoms with Crippen LogP contribution in [0.25, 0.3) is 0 Å². The van der Waals surface area contributed by atoms with Crippen molar-refractivity contribution in [1.29, 1.82) is 0 Å². The fourth-order valence-corrected chi connectivity index (χ4v) is 6.05. The normalized spacial score (nSPS) is 34.2. The second-order valence-electron chi connectivity index (χ2n) is 6.28. The Morgan fingerprint density at radius 1 is 1.05 bits per heavy atom. The highest BCUT2D eigenvalue weighted by Crippen LogP contribution is 2.31. The Morgan fingerprint density at radius 3 is 2.60 bits per heavy atom. The molecule has 2 aliphatic heterocycles. The molecule has 3 aliphatic rings. The van der Waals surface area contributed by atoms with Gasteiger partial charge in [-0.2, -0.15) is 0 Å². The Bertz CT molecular complexity index is 477. The van der Waals surface area contributed by atoms with Crippen LogP contribution in [0.15, 0.2) is 0 Å². The summed E-state index contributed by atoms with van der Waals surface area (Å²) in [6, 6.07) is 0.195. The molecule has 114 valence electrons. The van der Waals surface area contributed by atoms with Crippen molar-refractivity contribution >= 4 is 15.7 Å². The number of carbonyl (C=O) groups is 1. The van der Waals surface area contributed by atoms with E-state index < -0.39 is 9.84 Å². The van der Waals surface area contributed by atoms with Gasteiger partial charge in [-0.25, -0.2) is 8.42 Å². The number of likely N-dealkylation sites (tertiary alicyclic amines) is 1. The monoisotopic (exact) mass is 300 g/mol. The lowest BCUT2D eigenvalue weighted by Gasteiger charge is -2.43. The summed E-state index contributed by atoms with van der Waals surface area (Å²) >= 11 is 0. The zero-order chi connectivity index (χ0) is 14.2. The van der Waals surface area contributed by atoms with Crippen LogP contribution in [0, 0.1) is 0 Å². The van der Waals surface area contributed by atoms with Gasteiger partial charge in [0.15, 0.2) is 9.84 Å². The lowest BCUT2D eigenvalue weighted by atomic mass is 9.93. The smallest absolute Gasteiger partial charge is 0.222 e. The van der Waals surface area contributed by atoms with Crippen molar-refractivity contribution in [3.05, 3.63) is 0 Å². The van der Waals surface area contributed by atoms with E-state index in [1.54, 1.807) is 0 Å². The fraction of sp³-hybridized carbons (Fsp3) is 0.929. The van der Waals surface area contributed by atoms with Crippen LogP contribution in [0.2, 0.25) is 0 Å². The molecule has 0 radical (unpaired) electrons. The summed E-state index contributed by atoms with van der Waals surface area (Å²) in [5, 5.41) is -0.153. The molecule has 0 aromatic heterocycles. The van der Waals surface area contributed by atoms with Crippen molar-refractivity contribution in [2.75, 3.05) is 31.9 Å². The highest BCUT2D eigenvalue weighted by atomic mass is 32.2. The first-order valence-electron chi connectivity index (χ1n) is 7.81. The topological polar surface area (TPSA) is 57.7 Å². The third-order valence-corrected chi connectivity index (χ3v) is 7.31. The van der Waals surface area contributed by atoms with E-state index in [0.717, 1.165) is 51.7 Å². The number of fused-ring (bicyclic) bond motifs is 1. The summed E-state index contributed by atoms with van der Waals surface area (Å²) in [6.07, 6.45) is 5.65. The number of amides is 1. The average molecular weight is 300 g/mol. The summed E-state index contributed by atoms with van der Waals surface area (Å²) < 4.78 is 24.4. The first-order chi connectivity index (χ1) is 9.58. The van der Waals surface area contributed by atoms with Gasteiger partial charge in [0.1, 0.15) is 0 Å². The van der Waals surface area contributed by atoms with Crippen LogP contribution in [-0.4, -0.2) is 67.3 Å². The van der Waals surface area contributed by atoms with Crippen molar-refractivity contribution in [3.63, 3.8) is 0 Å². The van der Waals surface area contributed by atoms with Gasteiger partial charge in [0.2, 0.25) is 5.91 Å². The molecule has 20 heavy (non-hydrogen) atoms. The molecule has 1 aliphatic carbocycles. The fourth-order valence-electron chi connectivity index (χ4n) is 3.94. The summed E-state index contributed by atoms with van der Waals surface area (Å²) in [4.78, 5) is 15.9. The van der Waals surface area contributed by atoms with Crippen LogP contribution < -0.4 is 0 Å². The minimum absolute atomic E-state index is 0.153. The molecule has 3 rings (SSSR count). The molecule has 0 N–H and O–H groups in total. The minimum Gasteiger partial charge on any atom is -0.341 e. The second kappa shape index (κ2) is 5.64. The summed E-state index contributed by atoms with van der Waals surface area (Å²) in [7, 11) is -2.89. The highest BCUT2D eigenvalue weighted by Gasteiger charge is 2.42. The van der Waals surface area contributed by atoms with Gasteiger partial charge in [-0.3, -0.25) is 9.69 Å². The molecule has 1 saturated carbocycles. The van der Waals surface area contributed by atoms with Gasteiger partial charge in [-0.1, -0.05) is 12.8 Å². The van der Waals surface area contributed by atoms with Gasteiger partial charge in [0, 0.05) is 38.6 Å². The number of hydrogen-bond donors (Lipinski definition) is 0. The van der Waals surface area contributed by atoms with Crippen LogP contribution in [0.3, 0.4) is 0 Å². The predicted octanol–water partition coefficient (Wildman–Crippen LogP) is 0.650. The van der Waals surface area contributed by atoms with E-state index in [1.807, 2.05) is 4.90 Å². The maximum Gasteiger partial charge on any atom is 0.222 e. The van der Waals surface area contributed by atoms with Gasteiger partial charge >= 0.3 is 0 Å². The Kier molecular flexibility index (Phi) is 4.04. The number of hydrogen-bond acceptors (Lipinski definition) is 4. The van der Waals surface area contributed by atoms with Crippen molar-refractivity contribution in [3.8, 4) is 0 Å². The number of rotatable bonds is 3. The van der Waals surface area contributed by atoms with E-state index in [1.165, 1.54) is 0 Å². The standard InChI is InChI=1S/C14H24N2O3S/c17-14-6-3-7-16(14)9-8-15-10-11-20(18,19)13-5-2-1-4-12(13)15/h12-13H,1-11H2/t12-,13+/m1/s1. The Hall–Kier alpha value is -0.620. The number of nitrogens with zero attached hydrogens (tertiary/aromatic N) is 2. The molecule has 0 aromatic rings. The third-order valence-electron chi connectivity index (χ3n) is 5.09. The maximum absolute atomic E-state index is 12.2. The lowest BCUT2D eigenvalue weighted by molar-refractivity contribution is -0.127. The predicted molar refractivity (Wildman–Crippen MR) is 77.2 cm³/mol. The average Bonchev–Trinajstić information content (AvgIpc) is 2.84. The van der Waals surface area contributed by atoms with E-state index >= 15 is 0 Å². The molecule has 5 nitrogen and oxygen atoms in total. The van der Waals surface area contributed by atoms with Crippen LogP contribution in [0.1, 0.15) is 38.5 Å². The van der Waals surface area contributed by atoms with E-state index in [0.29, 0.717) is 18.7 Å². The maximum atomic E-state index is 12.2. The largest absolute Gasteiger partial charge is 0.341 e. The first kappa shape index (κ1) is 14.3. The zero-order valence-corrected chi connectivity index (χ0v) is 12.8. The van der Waals surface area contributed by atoms with Crippen LogP contribution in [0.5, 0.6) is 0 Å². The lowest BCUT2D eigenvalue weighted by Crippen LogP contribution is -2.57. The van der Waals surface area contributed by atoms with Gasteiger partial charge < -0.3 is 4.90 Å². The highest BCUT2D eigenvalue weighted by molar-refractivity contribution is 7.92. The summed E-state index contributed by atoms with van der Waals surface area (Å²) in [5.41, 5.74) is 0. The molecule has 0 bridgehead atoms. The van der Waals surface area contributed by atoms with E-state index in [2.05, 4.69) is 4.90 Å². The van der Waals surface area contributed by atoms with Crippen molar-refractivity contribution < 1.29 is 13.2 Å². The van der Waals surface area contributed by atoms with Crippen LogP contribution in [-0.2, 0) is 14.6 Å². The molecule has 0 spiro atoms. The molecule has 2 saturated heterocycles. The summed E-state index contributed by atoms with van der Waals surface area (Å²) in [5.74, 6) is 0.553.